The zero-order chi connectivity index (χ0) is 13.1. The van der Waals surface area contributed by atoms with Crippen LogP contribution in [0.2, 0.25) is 0 Å². The molecule has 1 N–H and O–H groups in total. The first kappa shape index (κ1) is 13.8. The van der Waals surface area contributed by atoms with Gasteiger partial charge in [0.05, 0.1) is 11.6 Å². The summed E-state index contributed by atoms with van der Waals surface area (Å²) in [6.45, 7) is 9.80. The Morgan fingerprint density at radius 3 is 2.61 bits per heavy atom. The number of nitrogens with one attached hydrogen (secondary N) is 1. The highest BCUT2D eigenvalue weighted by molar-refractivity contribution is 9.10. The third-order valence-electron chi connectivity index (χ3n) is 3.63. The lowest BCUT2D eigenvalue weighted by Gasteiger charge is -2.28. The first-order valence-electron chi connectivity index (χ1n) is 6.39. The van der Waals surface area contributed by atoms with Gasteiger partial charge in [0.15, 0.2) is 0 Å². The van der Waals surface area contributed by atoms with Crippen LogP contribution in [-0.2, 0) is 6.54 Å². The maximum absolute atomic E-state index is 5.38. The van der Waals surface area contributed by atoms with E-state index in [0.29, 0.717) is 0 Å². The molecule has 1 aliphatic heterocycles. The summed E-state index contributed by atoms with van der Waals surface area (Å²) >= 11 is 3.63. The molecular weight excluding hydrogens is 292 g/mol. The van der Waals surface area contributed by atoms with Crippen LogP contribution in [0.25, 0.3) is 0 Å². The van der Waals surface area contributed by atoms with E-state index in [-0.39, 0.29) is 0 Å². The van der Waals surface area contributed by atoms with E-state index >= 15 is 0 Å². The van der Waals surface area contributed by atoms with Crippen LogP contribution in [0.1, 0.15) is 16.7 Å². The second-order valence-corrected chi connectivity index (χ2v) is 5.63. The van der Waals surface area contributed by atoms with Crippen molar-refractivity contribution in [1.82, 2.24) is 10.2 Å². The van der Waals surface area contributed by atoms with E-state index in [4.69, 9.17) is 4.74 Å². The van der Waals surface area contributed by atoms with Gasteiger partial charge in [0.2, 0.25) is 0 Å². The number of benzene rings is 1. The molecular formula is C14H21BrN2O. The van der Waals surface area contributed by atoms with Gasteiger partial charge in [-0.2, -0.15) is 0 Å². The molecule has 1 heterocycles. The Balaban J connectivity index is 2.24. The summed E-state index contributed by atoms with van der Waals surface area (Å²) < 4.78 is 6.47. The lowest BCUT2D eigenvalue weighted by atomic mass is 10.0. The van der Waals surface area contributed by atoms with E-state index in [9.17, 15) is 0 Å². The molecule has 0 spiro atoms. The zero-order valence-corrected chi connectivity index (χ0v) is 12.9. The van der Waals surface area contributed by atoms with Crippen molar-refractivity contribution < 1.29 is 4.74 Å². The van der Waals surface area contributed by atoms with Gasteiger partial charge >= 0.3 is 0 Å². The normalized spacial score (nSPS) is 16.9. The van der Waals surface area contributed by atoms with Crippen LogP contribution in [0.5, 0.6) is 5.75 Å². The van der Waals surface area contributed by atoms with Gasteiger partial charge in [-0.1, -0.05) is 0 Å². The van der Waals surface area contributed by atoms with Gasteiger partial charge in [-0.15, -0.1) is 0 Å². The van der Waals surface area contributed by atoms with Gasteiger partial charge in [-0.05, 0) is 52.5 Å². The summed E-state index contributed by atoms with van der Waals surface area (Å²) in [7, 11) is 1.72. The maximum atomic E-state index is 5.38. The lowest BCUT2D eigenvalue weighted by molar-refractivity contribution is 0.232. The number of piperazine rings is 1. The van der Waals surface area contributed by atoms with E-state index < -0.39 is 0 Å². The minimum absolute atomic E-state index is 0.925. The quantitative estimate of drug-likeness (QED) is 0.928. The van der Waals surface area contributed by atoms with E-state index in [0.717, 1.165) is 42.9 Å². The molecule has 1 aliphatic rings. The van der Waals surface area contributed by atoms with Gasteiger partial charge in [0.25, 0.3) is 0 Å². The molecule has 0 bridgehead atoms. The summed E-state index contributed by atoms with van der Waals surface area (Å²) in [6.07, 6.45) is 0. The summed E-state index contributed by atoms with van der Waals surface area (Å²) in [6, 6.07) is 2.12. The Bertz CT molecular complexity index is 428. The average Bonchev–Trinajstić information content (AvgIpc) is 2.40. The van der Waals surface area contributed by atoms with E-state index in [2.05, 4.69) is 46.1 Å². The number of rotatable bonds is 3. The summed E-state index contributed by atoms with van der Waals surface area (Å²) in [5.41, 5.74) is 4.03. The van der Waals surface area contributed by atoms with Gasteiger partial charge in [-0.25, -0.2) is 0 Å². The SMILES string of the molecule is COc1cc(C)c(CN2CCNCC2)c(C)c1Br. The third-order valence-corrected chi connectivity index (χ3v) is 4.62. The van der Waals surface area contributed by atoms with Crippen molar-refractivity contribution in [2.75, 3.05) is 33.3 Å². The molecule has 0 aromatic heterocycles. The first-order chi connectivity index (χ1) is 8.63. The van der Waals surface area contributed by atoms with E-state index in [1.807, 2.05) is 0 Å². The fourth-order valence-corrected chi connectivity index (χ4v) is 2.96. The highest BCUT2D eigenvalue weighted by Crippen LogP contribution is 2.33. The summed E-state index contributed by atoms with van der Waals surface area (Å²) in [5.74, 6) is 0.925. The molecule has 18 heavy (non-hydrogen) atoms. The number of hydrogen-bond donors (Lipinski definition) is 1. The third kappa shape index (κ3) is 2.87. The molecule has 1 saturated heterocycles. The monoisotopic (exact) mass is 312 g/mol. The second-order valence-electron chi connectivity index (χ2n) is 4.84. The second kappa shape index (κ2) is 6.04. The van der Waals surface area contributed by atoms with Gasteiger partial charge in [-0.3, -0.25) is 4.90 Å². The van der Waals surface area contributed by atoms with Crippen LogP contribution >= 0.6 is 15.9 Å². The Labute approximate surface area is 118 Å². The van der Waals surface area contributed by atoms with Gasteiger partial charge < -0.3 is 10.1 Å². The molecule has 0 atom stereocenters. The molecule has 0 aliphatic carbocycles. The summed E-state index contributed by atoms with van der Waals surface area (Å²) in [4.78, 5) is 2.50. The van der Waals surface area contributed by atoms with Crippen molar-refractivity contribution in [2.45, 2.75) is 20.4 Å². The van der Waals surface area contributed by atoms with Gasteiger partial charge in [0.1, 0.15) is 5.75 Å². The predicted molar refractivity (Wildman–Crippen MR) is 78.3 cm³/mol. The largest absolute Gasteiger partial charge is 0.496 e. The molecule has 1 fully saturated rings. The van der Waals surface area contributed by atoms with Crippen LogP contribution in [0.3, 0.4) is 0 Å². The number of ether oxygens (including phenoxy) is 1. The minimum Gasteiger partial charge on any atom is -0.496 e. The van der Waals surface area contributed by atoms with Crippen LogP contribution in [0, 0.1) is 13.8 Å². The predicted octanol–water partition coefficient (Wildman–Crippen LogP) is 2.48. The van der Waals surface area contributed by atoms with E-state index in [1.165, 1.54) is 16.7 Å². The number of nitrogens with zero attached hydrogens (tertiary/aromatic N) is 1. The fourth-order valence-electron chi connectivity index (χ4n) is 2.44. The van der Waals surface area contributed by atoms with Crippen molar-refractivity contribution in [3.05, 3.63) is 27.2 Å². The standard InChI is InChI=1S/C14H21BrN2O/c1-10-8-13(18-3)14(15)11(2)12(10)9-17-6-4-16-5-7-17/h8,16H,4-7,9H2,1-3H3. The van der Waals surface area contributed by atoms with Crippen molar-refractivity contribution in [3.63, 3.8) is 0 Å². The Morgan fingerprint density at radius 2 is 2.00 bits per heavy atom. The number of aryl methyl sites for hydroxylation is 1. The molecule has 1 aromatic carbocycles. The summed E-state index contributed by atoms with van der Waals surface area (Å²) in [5, 5.41) is 3.39. The molecule has 1 aromatic rings. The van der Waals surface area contributed by atoms with Gasteiger partial charge in [0, 0.05) is 32.7 Å². The number of hydrogen-bond acceptors (Lipinski definition) is 3. The van der Waals surface area contributed by atoms with Crippen molar-refractivity contribution >= 4 is 15.9 Å². The van der Waals surface area contributed by atoms with Crippen LogP contribution < -0.4 is 10.1 Å². The van der Waals surface area contributed by atoms with Crippen LogP contribution in [0.4, 0.5) is 0 Å². The molecule has 100 valence electrons. The molecule has 0 unspecified atom stereocenters. The first-order valence-corrected chi connectivity index (χ1v) is 7.18. The minimum atomic E-state index is 0.925. The zero-order valence-electron chi connectivity index (χ0n) is 11.3. The van der Waals surface area contributed by atoms with Crippen LogP contribution in [0.15, 0.2) is 10.5 Å². The van der Waals surface area contributed by atoms with Crippen molar-refractivity contribution in [1.29, 1.82) is 0 Å². The maximum Gasteiger partial charge on any atom is 0.133 e. The lowest BCUT2D eigenvalue weighted by Crippen LogP contribution is -2.43. The van der Waals surface area contributed by atoms with Crippen molar-refractivity contribution in [2.24, 2.45) is 0 Å². The number of halogens is 1. The molecule has 4 heteroatoms. The highest BCUT2D eigenvalue weighted by Gasteiger charge is 2.16. The Kier molecular flexibility index (Phi) is 4.65. The Hall–Kier alpha value is -0.580. The fraction of sp³-hybridized carbons (Fsp3) is 0.571. The molecule has 2 rings (SSSR count). The topological polar surface area (TPSA) is 24.5 Å². The number of methoxy groups -OCH3 is 1. The smallest absolute Gasteiger partial charge is 0.133 e. The molecule has 0 radical (unpaired) electrons. The van der Waals surface area contributed by atoms with Crippen molar-refractivity contribution in [3.8, 4) is 5.75 Å². The highest BCUT2D eigenvalue weighted by atomic mass is 79.9. The molecule has 0 amide bonds. The molecule has 3 nitrogen and oxygen atoms in total. The van der Waals surface area contributed by atoms with Crippen LogP contribution in [-0.4, -0.2) is 38.2 Å². The van der Waals surface area contributed by atoms with E-state index in [1.54, 1.807) is 7.11 Å². The average molecular weight is 313 g/mol. The molecule has 0 saturated carbocycles. The Morgan fingerprint density at radius 1 is 1.33 bits per heavy atom.